The second kappa shape index (κ2) is 5.32. The molecule has 1 aromatic carbocycles. The number of aromatic hydroxyl groups is 1. The van der Waals surface area contributed by atoms with Crippen LogP contribution in [0.3, 0.4) is 0 Å². The molecule has 102 valence electrons. The number of esters is 1. The van der Waals surface area contributed by atoms with Crippen molar-refractivity contribution in [3.63, 3.8) is 0 Å². The zero-order valence-corrected chi connectivity index (χ0v) is 11.1. The molecule has 5 heteroatoms. The van der Waals surface area contributed by atoms with Crippen LogP contribution in [-0.2, 0) is 16.1 Å². The number of aromatic nitrogens is 1. The summed E-state index contributed by atoms with van der Waals surface area (Å²) in [6, 6.07) is 4.36. The van der Waals surface area contributed by atoms with Gasteiger partial charge in [-0.15, -0.1) is 0 Å². The molecule has 0 radical (unpaired) electrons. The van der Waals surface area contributed by atoms with E-state index in [9.17, 15) is 9.90 Å². The minimum absolute atomic E-state index is 0.124. The highest BCUT2D eigenvalue weighted by Gasteiger charge is 2.23. The maximum Gasteiger partial charge on any atom is 0.327 e. The summed E-state index contributed by atoms with van der Waals surface area (Å²) in [5.74, 6) is -0.361. The maximum absolute atomic E-state index is 11.8. The van der Waals surface area contributed by atoms with E-state index < -0.39 is 12.0 Å². The highest BCUT2D eigenvalue weighted by molar-refractivity contribution is 5.94. The third kappa shape index (κ3) is 2.29. The molecule has 0 aliphatic carbocycles. The Hall–Kier alpha value is -2.01. The van der Waals surface area contributed by atoms with E-state index in [2.05, 4.69) is 0 Å². The van der Waals surface area contributed by atoms with Crippen molar-refractivity contribution in [3.05, 3.63) is 30.0 Å². The largest absolute Gasteiger partial charge is 0.507 e. The average Bonchev–Trinajstić information content (AvgIpc) is 2.78. The summed E-state index contributed by atoms with van der Waals surface area (Å²) in [5.41, 5.74) is 7.38. The Balaban J connectivity index is 2.57. The molecule has 0 aliphatic heterocycles. The summed E-state index contributed by atoms with van der Waals surface area (Å²) in [6.07, 6.45) is 1.80. The molecule has 1 heterocycles. The van der Waals surface area contributed by atoms with Gasteiger partial charge in [0.15, 0.2) is 0 Å². The molecule has 1 atom stereocenters. The van der Waals surface area contributed by atoms with Crippen LogP contribution < -0.4 is 5.73 Å². The fourth-order valence-corrected chi connectivity index (χ4v) is 2.22. The summed E-state index contributed by atoms with van der Waals surface area (Å²) >= 11 is 0. The summed E-state index contributed by atoms with van der Waals surface area (Å²) in [7, 11) is 0. The van der Waals surface area contributed by atoms with Crippen molar-refractivity contribution < 1.29 is 14.6 Å². The second-order valence-corrected chi connectivity index (χ2v) is 4.27. The van der Waals surface area contributed by atoms with Crippen molar-refractivity contribution in [2.24, 2.45) is 5.73 Å². The first kappa shape index (κ1) is 13.4. The highest BCUT2D eigenvalue weighted by Crippen LogP contribution is 2.33. The zero-order valence-electron chi connectivity index (χ0n) is 11.1. The van der Waals surface area contributed by atoms with Gasteiger partial charge in [-0.05, 0) is 26.0 Å². The standard InChI is InChI=1S/C14H18N2O3/c1-3-16-8-9(13(15)14(18)19-4-2)12-10(16)6-5-7-11(12)17/h5-8,13,17H,3-4,15H2,1-2H3. The van der Waals surface area contributed by atoms with E-state index in [1.807, 2.05) is 17.6 Å². The molecule has 0 saturated heterocycles. The summed E-state index contributed by atoms with van der Waals surface area (Å²) in [6.45, 7) is 4.74. The van der Waals surface area contributed by atoms with Crippen LogP contribution in [0.4, 0.5) is 0 Å². The number of fused-ring (bicyclic) bond motifs is 1. The Labute approximate surface area is 111 Å². The van der Waals surface area contributed by atoms with Gasteiger partial charge in [-0.1, -0.05) is 6.07 Å². The Morgan fingerprint density at radius 1 is 1.47 bits per heavy atom. The van der Waals surface area contributed by atoms with Crippen LogP contribution in [0, 0.1) is 0 Å². The predicted octanol–water partition coefficient (Wildman–Crippen LogP) is 1.93. The molecule has 5 nitrogen and oxygen atoms in total. The summed E-state index contributed by atoms with van der Waals surface area (Å²) < 4.78 is 6.88. The number of phenols is 1. The van der Waals surface area contributed by atoms with Gasteiger partial charge >= 0.3 is 5.97 Å². The maximum atomic E-state index is 11.8. The quantitative estimate of drug-likeness (QED) is 0.825. The van der Waals surface area contributed by atoms with Crippen LogP contribution in [0.5, 0.6) is 5.75 Å². The molecular weight excluding hydrogens is 244 g/mol. The predicted molar refractivity (Wildman–Crippen MR) is 72.8 cm³/mol. The molecule has 3 N–H and O–H groups in total. The van der Waals surface area contributed by atoms with E-state index in [-0.39, 0.29) is 12.4 Å². The second-order valence-electron chi connectivity index (χ2n) is 4.27. The Morgan fingerprint density at radius 3 is 2.84 bits per heavy atom. The fraction of sp³-hybridized carbons (Fsp3) is 0.357. The Kier molecular flexibility index (Phi) is 3.76. The number of carbonyl (C=O) groups is 1. The molecule has 2 aromatic rings. The Morgan fingerprint density at radius 2 is 2.21 bits per heavy atom. The monoisotopic (exact) mass is 262 g/mol. The van der Waals surface area contributed by atoms with Crippen molar-refractivity contribution in [1.82, 2.24) is 4.57 Å². The van der Waals surface area contributed by atoms with Crippen LogP contribution in [-0.4, -0.2) is 22.2 Å². The smallest absolute Gasteiger partial charge is 0.327 e. The van der Waals surface area contributed by atoms with Gasteiger partial charge in [-0.3, -0.25) is 0 Å². The molecule has 19 heavy (non-hydrogen) atoms. The van der Waals surface area contributed by atoms with E-state index in [4.69, 9.17) is 10.5 Å². The number of phenolic OH excluding ortho intramolecular Hbond substituents is 1. The van der Waals surface area contributed by atoms with Crippen LogP contribution in [0.15, 0.2) is 24.4 Å². The van der Waals surface area contributed by atoms with Crippen molar-refractivity contribution in [2.45, 2.75) is 26.4 Å². The van der Waals surface area contributed by atoms with E-state index in [1.54, 1.807) is 25.3 Å². The lowest BCUT2D eigenvalue weighted by Crippen LogP contribution is -2.23. The molecule has 0 spiro atoms. The lowest BCUT2D eigenvalue weighted by molar-refractivity contribution is -0.144. The van der Waals surface area contributed by atoms with Crippen LogP contribution >= 0.6 is 0 Å². The molecule has 0 bridgehead atoms. The minimum atomic E-state index is -0.886. The lowest BCUT2D eigenvalue weighted by Gasteiger charge is -2.09. The molecule has 0 amide bonds. The number of hydrogen-bond donors (Lipinski definition) is 2. The number of carbonyl (C=O) groups excluding carboxylic acids is 1. The third-order valence-electron chi connectivity index (χ3n) is 3.13. The normalized spacial score (nSPS) is 12.6. The zero-order chi connectivity index (χ0) is 14.0. The summed E-state index contributed by atoms with van der Waals surface area (Å²) in [4.78, 5) is 11.8. The first-order chi connectivity index (χ1) is 9.10. The number of nitrogens with two attached hydrogens (primary N) is 1. The number of rotatable bonds is 4. The van der Waals surface area contributed by atoms with Gasteiger partial charge in [0.25, 0.3) is 0 Å². The van der Waals surface area contributed by atoms with Crippen LogP contribution in [0.25, 0.3) is 10.9 Å². The van der Waals surface area contributed by atoms with Crippen molar-refractivity contribution in [1.29, 1.82) is 0 Å². The number of hydrogen-bond acceptors (Lipinski definition) is 4. The van der Waals surface area contributed by atoms with Gasteiger partial charge in [0.05, 0.1) is 12.1 Å². The number of ether oxygens (including phenoxy) is 1. The molecular formula is C14H18N2O3. The molecule has 1 unspecified atom stereocenters. The molecule has 0 aliphatic rings. The molecule has 0 saturated carbocycles. The van der Waals surface area contributed by atoms with Crippen LogP contribution in [0.1, 0.15) is 25.5 Å². The van der Waals surface area contributed by atoms with Gasteiger partial charge in [-0.25, -0.2) is 4.79 Å². The van der Waals surface area contributed by atoms with Crippen molar-refractivity contribution in [2.75, 3.05) is 6.61 Å². The molecule has 1 aromatic heterocycles. The number of aryl methyl sites for hydroxylation is 1. The topological polar surface area (TPSA) is 77.5 Å². The average molecular weight is 262 g/mol. The van der Waals surface area contributed by atoms with Gasteiger partial charge in [0.1, 0.15) is 11.8 Å². The number of benzene rings is 1. The van der Waals surface area contributed by atoms with Crippen LogP contribution in [0.2, 0.25) is 0 Å². The van der Waals surface area contributed by atoms with Gasteiger partial charge in [0.2, 0.25) is 0 Å². The third-order valence-corrected chi connectivity index (χ3v) is 3.13. The molecule has 0 fully saturated rings. The Bertz CT molecular complexity index is 604. The fourth-order valence-electron chi connectivity index (χ4n) is 2.22. The van der Waals surface area contributed by atoms with E-state index in [0.29, 0.717) is 10.9 Å². The lowest BCUT2D eigenvalue weighted by atomic mass is 10.1. The van der Waals surface area contributed by atoms with E-state index in [1.165, 1.54) is 0 Å². The van der Waals surface area contributed by atoms with E-state index in [0.717, 1.165) is 12.1 Å². The SMILES string of the molecule is CCOC(=O)C(N)c1cn(CC)c2cccc(O)c12. The number of nitrogens with zero attached hydrogens (tertiary/aromatic N) is 1. The minimum Gasteiger partial charge on any atom is -0.507 e. The highest BCUT2D eigenvalue weighted by atomic mass is 16.5. The molecule has 2 rings (SSSR count). The first-order valence-corrected chi connectivity index (χ1v) is 6.33. The summed E-state index contributed by atoms with van der Waals surface area (Å²) in [5, 5.41) is 10.6. The van der Waals surface area contributed by atoms with E-state index >= 15 is 0 Å². The van der Waals surface area contributed by atoms with Gasteiger partial charge in [-0.2, -0.15) is 0 Å². The first-order valence-electron chi connectivity index (χ1n) is 6.33. The van der Waals surface area contributed by atoms with Gasteiger partial charge in [0, 0.05) is 23.7 Å². The van der Waals surface area contributed by atoms with Crippen molar-refractivity contribution in [3.8, 4) is 5.75 Å². The van der Waals surface area contributed by atoms with Gasteiger partial charge < -0.3 is 20.1 Å². The van der Waals surface area contributed by atoms with Crippen molar-refractivity contribution >= 4 is 16.9 Å².